The van der Waals surface area contributed by atoms with Gasteiger partial charge in [0.1, 0.15) is 35.8 Å². The second-order valence-electron chi connectivity index (χ2n) is 7.49. The largest absolute Gasteiger partial charge is 0.497 e. The molecule has 1 aliphatic heterocycles. The van der Waals surface area contributed by atoms with Gasteiger partial charge in [0.2, 0.25) is 0 Å². The van der Waals surface area contributed by atoms with Gasteiger partial charge >= 0.3 is 0 Å². The van der Waals surface area contributed by atoms with Crippen LogP contribution in [0.1, 0.15) is 24.0 Å². The summed E-state index contributed by atoms with van der Waals surface area (Å²) in [5.41, 5.74) is 1.65. The van der Waals surface area contributed by atoms with Crippen molar-refractivity contribution in [3.63, 3.8) is 0 Å². The monoisotopic (exact) mass is 414 g/mol. The summed E-state index contributed by atoms with van der Waals surface area (Å²) >= 11 is 6.01. The molecule has 5 nitrogen and oxygen atoms in total. The lowest BCUT2D eigenvalue weighted by Crippen LogP contribution is -2.41. The van der Waals surface area contributed by atoms with Crippen molar-refractivity contribution in [3.8, 4) is 17.6 Å². The molecule has 2 aromatic rings. The lowest BCUT2D eigenvalue weighted by Gasteiger charge is -2.33. The van der Waals surface area contributed by atoms with Gasteiger partial charge in [0.15, 0.2) is 0 Å². The number of aliphatic hydroxyl groups excluding tert-OH is 1. The zero-order valence-electron chi connectivity index (χ0n) is 16.7. The lowest BCUT2D eigenvalue weighted by molar-refractivity contribution is 0.0550. The van der Waals surface area contributed by atoms with Crippen LogP contribution in [-0.2, 0) is 6.42 Å². The molecule has 0 aliphatic carbocycles. The van der Waals surface area contributed by atoms with Gasteiger partial charge < -0.3 is 19.5 Å². The van der Waals surface area contributed by atoms with Gasteiger partial charge in [-0.25, -0.2) is 0 Å². The Labute approximate surface area is 177 Å². The fraction of sp³-hybridized carbons (Fsp3) is 0.435. The smallest absolute Gasteiger partial charge is 0.138 e. The van der Waals surface area contributed by atoms with Crippen LogP contribution in [0.3, 0.4) is 0 Å². The minimum atomic E-state index is -0.612. The number of methoxy groups -OCH3 is 1. The Kier molecular flexibility index (Phi) is 7.76. The summed E-state index contributed by atoms with van der Waals surface area (Å²) in [5.74, 6) is 1.97. The molecule has 1 heterocycles. The summed E-state index contributed by atoms with van der Waals surface area (Å²) < 4.78 is 10.9. The van der Waals surface area contributed by atoms with Crippen molar-refractivity contribution in [2.24, 2.45) is 5.92 Å². The molecule has 1 saturated heterocycles. The first-order valence-electron chi connectivity index (χ1n) is 9.93. The number of nitrogens with zero attached hydrogens (tertiary/aromatic N) is 2. The van der Waals surface area contributed by atoms with Crippen molar-refractivity contribution in [2.75, 3.05) is 33.4 Å². The highest BCUT2D eigenvalue weighted by atomic mass is 35.5. The van der Waals surface area contributed by atoms with E-state index in [9.17, 15) is 10.4 Å². The second kappa shape index (κ2) is 10.5. The summed E-state index contributed by atoms with van der Waals surface area (Å²) in [6.07, 6.45) is 2.70. The lowest BCUT2D eigenvalue weighted by atomic mass is 9.90. The number of ether oxygens (including phenoxy) is 2. The Morgan fingerprint density at radius 3 is 2.59 bits per heavy atom. The van der Waals surface area contributed by atoms with Crippen molar-refractivity contribution in [1.29, 1.82) is 5.26 Å². The average Bonchev–Trinajstić information content (AvgIpc) is 2.74. The number of nitriles is 1. The summed E-state index contributed by atoms with van der Waals surface area (Å²) in [6.45, 7) is 2.65. The first kappa shape index (κ1) is 21.4. The summed E-state index contributed by atoms with van der Waals surface area (Å²) in [4.78, 5) is 2.28. The highest BCUT2D eigenvalue weighted by Gasteiger charge is 2.22. The zero-order valence-corrected chi connectivity index (χ0v) is 17.4. The molecule has 6 heteroatoms. The van der Waals surface area contributed by atoms with Crippen molar-refractivity contribution in [1.82, 2.24) is 4.90 Å². The molecule has 0 radical (unpaired) electrons. The minimum absolute atomic E-state index is 0.140. The molecule has 1 fully saturated rings. The first-order valence-corrected chi connectivity index (χ1v) is 10.3. The highest BCUT2D eigenvalue weighted by Crippen LogP contribution is 2.26. The number of hydrogen-bond acceptors (Lipinski definition) is 5. The normalized spacial score (nSPS) is 16.2. The Bertz CT molecular complexity index is 827. The number of aliphatic hydroxyl groups is 1. The number of benzene rings is 2. The van der Waals surface area contributed by atoms with Crippen molar-refractivity contribution >= 4 is 11.6 Å². The van der Waals surface area contributed by atoms with Crippen LogP contribution < -0.4 is 9.47 Å². The van der Waals surface area contributed by atoms with Gasteiger partial charge in [-0.2, -0.15) is 5.26 Å². The molecular formula is C23H27ClN2O3. The number of halogens is 1. The number of piperidine rings is 1. The quantitative estimate of drug-likeness (QED) is 0.709. The fourth-order valence-corrected chi connectivity index (χ4v) is 3.95. The van der Waals surface area contributed by atoms with Gasteiger partial charge in [-0.3, -0.25) is 0 Å². The predicted molar refractivity (Wildman–Crippen MR) is 114 cm³/mol. The number of likely N-dealkylation sites (tertiary alicyclic amines) is 1. The Balaban J connectivity index is 1.41. The van der Waals surface area contributed by atoms with Gasteiger partial charge in [-0.05, 0) is 68.1 Å². The minimum Gasteiger partial charge on any atom is -0.497 e. The van der Waals surface area contributed by atoms with E-state index in [0.29, 0.717) is 28.8 Å². The van der Waals surface area contributed by atoms with Crippen molar-refractivity contribution in [2.45, 2.75) is 25.4 Å². The SMILES string of the molecule is COc1ccc(CC2CCN(C[C@@H](O)COc3cccc(Cl)c3C#N)CC2)cc1. The van der Waals surface area contributed by atoms with Crippen LogP contribution >= 0.6 is 11.6 Å². The predicted octanol–water partition coefficient (Wildman–Crippen LogP) is 3.91. The van der Waals surface area contributed by atoms with Gasteiger partial charge in [-0.15, -0.1) is 0 Å². The molecule has 0 bridgehead atoms. The maximum absolute atomic E-state index is 10.4. The fourth-order valence-electron chi connectivity index (χ4n) is 3.74. The molecular weight excluding hydrogens is 388 g/mol. The van der Waals surface area contributed by atoms with Crippen LogP contribution in [0.4, 0.5) is 0 Å². The topological polar surface area (TPSA) is 65.7 Å². The molecule has 1 atom stereocenters. The van der Waals surface area contributed by atoms with Gasteiger partial charge in [0.05, 0.1) is 12.1 Å². The molecule has 0 amide bonds. The maximum atomic E-state index is 10.4. The van der Waals surface area contributed by atoms with E-state index in [1.54, 1.807) is 25.3 Å². The highest BCUT2D eigenvalue weighted by molar-refractivity contribution is 6.31. The summed E-state index contributed by atoms with van der Waals surface area (Å²) in [7, 11) is 1.68. The molecule has 0 aromatic heterocycles. The third-order valence-electron chi connectivity index (χ3n) is 5.38. The standard InChI is InChI=1S/C23H27ClN2O3/c1-28-20-7-5-17(6-8-20)13-18-9-11-26(12-10-18)15-19(27)16-29-23-4-2-3-22(24)21(23)14-25/h2-8,18-19,27H,9-13,15-16H2,1H3/t19-/m1/s1. The molecule has 1 aliphatic rings. The molecule has 0 saturated carbocycles. The van der Waals surface area contributed by atoms with E-state index in [1.807, 2.05) is 18.2 Å². The number of rotatable bonds is 8. The van der Waals surface area contributed by atoms with E-state index in [4.69, 9.17) is 21.1 Å². The van der Waals surface area contributed by atoms with Gasteiger partial charge in [0, 0.05) is 6.54 Å². The molecule has 0 unspecified atom stereocenters. The van der Waals surface area contributed by atoms with Gasteiger partial charge in [-0.1, -0.05) is 29.8 Å². The molecule has 3 rings (SSSR count). The van der Waals surface area contributed by atoms with Crippen LogP contribution in [0.15, 0.2) is 42.5 Å². The molecule has 0 spiro atoms. The average molecular weight is 415 g/mol. The van der Waals surface area contributed by atoms with E-state index < -0.39 is 6.10 Å². The van der Waals surface area contributed by atoms with Crippen molar-refractivity contribution in [3.05, 3.63) is 58.6 Å². The van der Waals surface area contributed by atoms with E-state index in [2.05, 4.69) is 17.0 Å². The summed E-state index contributed by atoms with van der Waals surface area (Å²) in [5, 5.41) is 19.9. The third kappa shape index (κ3) is 6.11. The third-order valence-corrected chi connectivity index (χ3v) is 5.69. The zero-order chi connectivity index (χ0) is 20.6. The number of β-amino-alcohol motifs (C(OH)–C–C–N with tert-alkyl or cyclic N) is 1. The van der Waals surface area contributed by atoms with Crippen LogP contribution in [0, 0.1) is 17.2 Å². The van der Waals surface area contributed by atoms with E-state index in [1.165, 1.54) is 5.56 Å². The first-order chi connectivity index (χ1) is 14.1. The maximum Gasteiger partial charge on any atom is 0.138 e. The van der Waals surface area contributed by atoms with Crippen LogP contribution in [-0.4, -0.2) is 49.5 Å². The molecule has 2 aromatic carbocycles. The number of hydrogen-bond donors (Lipinski definition) is 1. The Hall–Kier alpha value is -2.26. The van der Waals surface area contributed by atoms with Gasteiger partial charge in [0.25, 0.3) is 0 Å². The van der Waals surface area contributed by atoms with Crippen molar-refractivity contribution < 1.29 is 14.6 Å². The molecule has 29 heavy (non-hydrogen) atoms. The van der Waals surface area contributed by atoms with Crippen LogP contribution in [0.5, 0.6) is 11.5 Å². The Morgan fingerprint density at radius 1 is 1.21 bits per heavy atom. The van der Waals surface area contributed by atoms with Crippen LogP contribution in [0.2, 0.25) is 5.02 Å². The Morgan fingerprint density at radius 2 is 1.93 bits per heavy atom. The van der Waals surface area contributed by atoms with E-state index in [-0.39, 0.29) is 6.61 Å². The van der Waals surface area contributed by atoms with E-state index >= 15 is 0 Å². The van der Waals surface area contributed by atoms with Crippen LogP contribution in [0.25, 0.3) is 0 Å². The van der Waals surface area contributed by atoms with E-state index in [0.717, 1.165) is 38.1 Å². The molecule has 154 valence electrons. The second-order valence-corrected chi connectivity index (χ2v) is 7.89. The molecule has 1 N–H and O–H groups in total. The summed E-state index contributed by atoms with van der Waals surface area (Å²) in [6, 6.07) is 15.4.